The average molecular weight is 267 g/mol. The van der Waals surface area contributed by atoms with Crippen LogP contribution in [0.3, 0.4) is 0 Å². The van der Waals surface area contributed by atoms with E-state index >= 15 is 0 Å². The fourth-order valence-corrected chi connectivity index (χ4v) is 2.40. The third kappa shape index (κ3) is 2.74. The number of hydrogen-bond acceptors (Lipinski definition) is 4. The van der Waals surface area contributed by atoms with Gasteiger partial charge in [0.2, 0.25) is 0 Å². The molecule has 0 aliphatic heterocycles. The summed E-state index contributed by atoms with van der Waals surface area (Å²) < 4.78 is 0. The Morgan fingerprint density at radius 2 is 1.58 bits per heavy atom. The van der Waals surface area contributed by atoms with Crippen molar-refractivity contribution in [2.24, 2.45) is 0 Å². The van der Waals surface area contributed by atoms with Gasteiger partial charge in [0, 0.05) is 22.3 Å². The van der Waals surface area contributed by atoms with Gasteiger partial charge < -0.3 is 11.1 Å². The third-order valence-corrected chi connectivity index (χ3v) is 3.44. The van der Waals surface area contributed by atoms with E-state index in [1.165, 1.54) is 11.3 Å². The summed E-state index contributed by atoms with van der Waals surface area (Å²) in [6.07, 6.45) is 0. The molecule has 0 unspecified atom stereocenters. The summed E-state index contributed by atoms with van der Waals surface area (Å²) in [4.78, 5) is 4.27. The van der Waals surface area contributed by atoms with Gasteiger partial charge in [-0.1, -0.05) is 30.3 Å². The number of nitrogens with two attached hydrogens (primary N) is 1. The number of anilines is 3. The van der Waals surface area contributed by atoms with Crippen molar-refractivity contribution in [2.75, 3.05) is 11.1 Å². The maximum absolute atomic E-state index is 5.64. The molecule has 94 valence electrons. The van der Waals surface area contributed by atoms with Gasteiger partial charge in [0.1, 0.15) is 0 Å². The lowest BCUT2D eigenvalue weighted by molar-refractivity contribution is 1.41. The second-order valence-corrected chi connectivity index (χ2v) is 5.03. The average Bonchev–Trinajstić information content (AvgIpc) is 2.87. The molecule has 4 heteroatoms. The van der Waals surface area contributed by atoms with E-state index in [1.807, 2.05) is 60.0 Å². The van der Waals surface area contributed by atoms with Crippen molar-refractivity contribution in [3.8, 4) is 11.3 Å². The lowest BCUT2D eigenvalue weighted by Crippen LogP contribution is -1.89. The number of nitrogens with one attached hydrogen (secondary N) is 1. The van der Waals surface area contributed by atoms with Crippen molar-refractivity contribution in [1.29, 1.82) is 0 Å². The van der Waals surface area contributed by atoms with Crippen LogP contribution in [-0.4, -0.2) is 4.98 Å². The lowest BCUT2D eigenvalue weighted by atomic mass is 10.1. The molecule has 0 radical (unpaired) electrons. The molecule has 1 heterocycles. The highest BCUT2D eigenvalue weighted by molar-refractivity contribution is 7.13. The molecule has 0 atom stereocenters. The first-order valence-electron chi connectivity index (χ1n) is 5.95. The zero-order chi connectivity index (χ0) is 13.1. The Morgan fingerprint density at radius 1 is 0.895 bits per heavy atom. The summed E-state index contributed by atoms with van der Waals surface area (Å²) in [6.45, 7) is 0. The highest BCUT2D eigenvalue weighted by Gasteiger charge is 2.02. The Balaban J connectivity index is 1.79. The predicted octanol–water partition coefficient (Wildman–Crippen LogP) is 4.14. The topological polar surface area (TPSA) is 50.9 Å². The third-order valence-electron chi connectivity index (χ3n) is 2.77. The molecule has 0 aliphatic carbocycles. The zero-order valence-corrected chi connectivity index (χ0v) is 11.0. The Hall–Kier alpha value is -2.33. The summed E-state index contributed by atoms with van der Waals surface area (Å²) in [5.74, 6) is 0. The molecule has 3 rings (SSSR count). The van der Waals surface area contributed by atoms with Gasteiger partial charge >= 0.3 is 0 Å². The number of benzene rings is 2. The van der Waals surface area contributed by atoms with Crippen LogP contribution in [0.4, 0.5) is 16.5 Å². The lowest BCUT2D eigenvalue weighted by Gasteiger charge is -2.06. The summed E-state index contributed by atoms with van der Waals surface area (Å²) in [5.41, 5.74) is 9.77. The molecule has 0 spiro atoms. The molecule has 0 fully saturated rings. The molecule has 3 nitrogen and oxygen atoms in total. The molecule has 2 aromatic carbocycles. The maximum Gasteiger partial charge on any atom is 0.180 e. The number of thiazole rings is 1. The first-order valence-corrected chi connectivity index (χ1v) is 6.83. The van der Waals surface area contributed by atoms with Crippen molar-refractivity contribution in [3.63, 3.8) is 0 Å². The van der Waals surface area contributed by atoms with Crippen molar-refractivity contribution in [1.82, 2.24) is 4.98 Å². The minimum absolute atomic E-state index is 0.599. The highest BCUT2D eigenvalue weighted by Crippen LogP contribution is 2.25. The van der Waals surface area contributed by atoms with Crippen LogP contribution < -0.4 is 11.1 Å². The van der Waals surface area contributed by atoms with Crippen LogP contribution in [0.5, 0.6) is 0 Å². The van der Waals surface area contributed by atoms with E-state index in [9.17, 15) is 0 Å². The molecule has 3 N–H and O–H groups in total. The highest BCUT2D eigenvalue weighted by atomic mass is 32.1. The van der Waals surface area contributed by atoms with Gasteiger partial charge in [-0.05, 0) is 24.3 Å². The fraction of sp³-hybridized carbons (Fsp3) is 0. The van der Waals surface area contributed by atoms with Gasteiger partial charge in [0.25, 0.3) is 0 Å². The Labute approximate surface area is 115 Å². The molecule has 19 heavy (non-hydrogen) atoms. The molecule has 3 aromatic rings. The summed E-state index contributed by atoms with van der Waals surface area (Å²) in [6, 6.07) is 18.3. The van der Waals surface area contributed by atoms with Crippen LogP contribution in [0.15, 0.2) is 60.0 Å². The number of nitrogen functional groups attached to an aromatic ring is 1. The second kappa shape index (κ2) is 5.12. The molecular weight excluding hydrogens is 254 g/mol. The van der Waals surface area contributed by atoms with E-state index in [-0.39, 0.29) is 0 Å². The van der Waals surface area contributed by atoms with E-state index in [0.29, 0.717) is 5.13 Å². The Bertz CT molecular complexity index is 659. The first-order chi connectivity index (χ1) is 9.31. The molecule has 0 bridgehead atoms. The van der Waals surface area contributed by atoms with Gasteiger partial charge in [0.05, 0.1) is 5.69 Å². The van der Waals surface area contributed by atoms with Crippen molar-refractivity contribution in [2.45, 2.75) is 0 Å². The van der Waals surface area contributed by atoms with E-state index in [0.717, 1.165) is 22.6 Å². The van der Waals surface area contributed by atoms with Crippen LogP contribution in [0.25, 0.3) is 11.3 Å². The monoisotopic (exact) mass is 267 g/mol. The van der Waals surface area contributed by atoms with Crippen LogP contribution in [0.2, 0.25) is 0 Å². The van der Waals surface area contributed by atoms with Crippen molar-refractivity contribution >= 4 is 27.8 Å². The molecular formula is C15H13N3S. The Kier molecular flexibility index (Phi) is 3.16. The normalized spacial score (nSPS) is 10.3. The number of aromatic nitrogens is 1. The molecule has 0 saturated carbocycles. The van der Waals surface area contributed by atoms with Crippen molar-refractivity contribution < 1.29 is 0 Å². The van der Waals surface area contributed by atoms with Crippen LogP contribution in [0, 0.1) is 0 Å². The van der Waals surface area contributed by atoms with Crippen LogP contribution >= 0.6 is 11.3 Å². The van der Waals surface area contributed by atoms with Gasteiger partial charge in [0.15, 0.2) is 5.13 Å². The van der Waals surface area contributed by atoms with Gasteiger partial charge in [-0.3, -0.25) is 0 Å². The first kappa shape index (κ1) is 11.7. The quantitative estimate of drug-likeness (QED) is 0.750. The standard InChI is InChI=1S/C15H13N3S/c16-15-18-14(10-19-15)11-6-8-13(9-7-11)17-12-4-2-1-3-5-12/h1-10,17H,(H2,16,18). The number of nitrogens with zero attached hydrogens (tertiary/aromatic N) is 1. The SMILES string of the molecule is Nc1nc(-c2ccc(Nc3ccccc3)cc2)cs1. The van der Waals surface area contributed by atoms with Gasteiger partial charge in [-0.15, -0.1) is 11.3 Å². The maximum atomic E-state index is 5.64. The van der Waals surface area contributed by atoms with E-state index in [4.69, 9.17) is 5.73 Å². The largest absolute Gasteiger partial charge is 0.375 e. The fourth-order valence-electron chi connectivity index (χ4n) is 1.83. The summed E-state index contributed by atoms with van der Waals surface area (Å²) in [5, 5.41) is 5.91. The van der Waals surface area contributed by atoms with Gasteiger partial charge in [-0.2, -0.15) is 0 Å². The van der Waals surface area contributed by atoms with E-state index in [2.05, 4.69) is 10.3 Å². The zero-order valence-electron chi connectivity index (χ0n) is 10.2. The van der Waals surface area contributed by atoms with Crippen LogP contribution in [0.1, 0.15) is 0 Å². The number of para-hydroxylation sites is 1. The summed E-state index contributed by atoms with van der Waals surface area (Å²) in [7, 11) is 0. The summed E-state index contributed by atoms with van der Waals surface area (Å²) >= 11 is 1.46. The van der Waals surface area contributed by atoms with E-state index in [1.54, 1.807) is 0 Å². The predicted molar refractivity (Wildman–Crippen MR) is 81.7 cm³/mol. The molecule has 0 saturated heterocycles. The smallest absolute Gasteiger partial charge is 0.180 e. The van der Waals surface area contributed by atoms with Crippen molar-refractivity contribution in [3.05, 3.63) is 60.0 Å². The molecule has 0 aliphatic rings. The Morgan fingerprint density at radius 3 is 2.21 bits per heavy atom. The molecule has 1 aromatic heterocycles. The second-order valence-electron chi connectivity index (χ2n) is 4.14. The minimum Gasteiger partial charge on any atom is -0.375 e. The minimum atomic E-state index is 0.599. The number of rotatable bonds is 3. The van der Waals surface area contributed by atoms with Crippen LogP contribution in [-0.2, 0) is 0 Å². The van der Waals surface area contributed by atoms with E-state index < -0.39 is 0 Å². The number of hydrogen-bond donors (Lipinski definition) is 2. The molecule has 0 amide bonds. The van der Waals surface area contributed by atoms with Gasteiger partial charge in [-0.25, -0.2) is 4.98 Å².